The Morgan fingerprint density at radius 2 is 2.29 bits per heavy atom. The van der Waals surface area contributed by atoms with Gasteiger partial charge in [-0.05, 0) is 36.8 Å². The molecule has 1 aliphatic rings. The molecule has 2 N–H and O–H groups in total. The molecule has 0 unspecified atom stereocenters. The molecular weight excluding hydrogens is 218 g/mol. The van der Waals surface area contributed by atoms with Gasteiger partial charge in [0, 0.05) is 6.54 Å². The van der Waals surface area contributed by atoms with Crippen molar-refractivity contribution in [2.75, 3.05) is 6.54 Å². The quantitative estimate of drug-likeness (QED) is 0.765. The van der Waals surface area contributed by atoms with Crippen molar-refractivity contribution in [3.63, 3.8) is 0 Å². The summed E-state index contributed by atoms with van der Waals surface area (Å²) < 4.78 is 5.18. The van der Waals surface area contributed by atoms with Gasteiger partial charge in [-0.15, -0.1) is 0 Å². The van der Waals surface area contributed by atoms with E-state index in [-0.39, 0.29) is 5.76 Å². The molecule has 1 heterocycles. The van der Waals surface area contributed by atoms with Crippen LogP contribution < -0.4 is 5.32 Å². The molecule has 0 amide bonds. The molecule has 0 saturated heterocycles. The summed E-state index contributed by atoms with van der Waals surface area (Å²) in [6.45, 7) is 3.83. The number of hydrogen-bond acceptors (Lipinski definition) is 3. The second-order valence-electron chi connectivity index (χ2n) is 4.92. The Morgan fingerprint density at radius 3 is 2.82 bits per heavy atom. The molecule has 1 aliphatic carbocycles. The third kappa shape index (κ3) is 3.09. The topological polar surface area (TPSA) is 62.5 Å². The highest BCUT2D eigenvalue weighted by Crippen LogP contribution is 2.48. The van der Waals surface area contributed by atoms with E-state index in [9.17, 15) is 4.79 Å². The first-order valence-corrected chi connectivity index (χ1v) is 6.18. The molecule has 1 aromatic rings. The zero-order chi connectivity index (χ0) is 12.3. The van der Waals surface area contributed by atoms with E-state index < -0.39 is 5.97 Å². The number of rotatable bonds is 7. The highest BCUT2D eigenvalue weighted by Gasteiger charge is 2.40. The van der Waals surface area contributed by atoms with Gasteiger partial charge in [-0.25, -0.2) is 4.79 Å². The molecule has 4 heteroatoms. The number of nitrogens with one attached hydrogen (secondary N) is 1. The fourth-order valence-electron chi connectivity index (χ4n) is 2.26. The lowest BCUT2D eigenvalue weighted by atomic mass is 10.0. The maximum atomic E-state index is 10.6. The van der Waals surface area contributed by atoms with Crippen LogP contribution in [0.25, 0.3) is 0 Å². The Bertz CT molecular complexity index is 393. The van der Waals surface area contributed by atoms with E-state index in [1.807, 2.05) is 0 Å². The number of aromatic carboxylic acids is 1. The lowest BCUT2D eigenvalue weighted by Crippen LogP contribution is -2.23. The molecule has 0 radical (unpaired) electrons. The summed E-state index contributed by atoms with van der Waals surface area (Å²) in [7, 11) is 0. The van der Waals surface area contributed by atoms with Crippen molar-refractivity contribution < 1.29 is 14.3 Å². The van der Waals surface area contributed by atoms with Crippen LogP contribution in [-0.4, -0.2) is 17.6 Å². The lowest BCUT2D eigenvalue weighted by Gasteiger charge is -2.13. The van der Waals surface area contributed by atoms with Crippen LogP contribution in [0.4, 0.5) is 0 Å². The first-order chi connectivity index (χ1) is 8.15. The van der Waals surface area contributed by atoms with Gasteiger partial charge >= 0.3 is 5.97 Å². The summed E-state index contributed by atoms with van der Waals surface area (Å²) in [6.07, 6.45) is 5.13. The molecule has 1 fully saturated rings. The average Bonchev–Trinajstić information content (AvgIpc) is 2.88. The fourth-order valence-corrected chi connectivity index (χ4v) is 2.26. The number of furan rings is 1. The number of hydrogen-bond donors (Lipinski definition) is 2. The molecule has 0 bridgehead atoms. The second-order valence-corrected chi connectivity index (χ2v) is 4.92. The van der Waals surface area contributed by atoms with Crippen molar-refractivity contribution >= 4 is 5.97 Å². The predicted octanol–water partition coefficient (Wildman–Crippen LogP) is 2.65. The first kappa shape index (κ1) is 12.2. The first-order valence-electron chi connectivity index (χ1n) is 6.18. The third-order valence-electron chi connectivity index (χ3n) is 3.41. The van der Waals surface area contributed by atoms with E-state index in [1.54, 1.807) is 6.07 Å². The molecule has 0 atom stereocenters. The molecular formula is C13H19NO3. The summed E-state index contributed by atoms with van der Waals surface area (Å²) in [6, 6.07) is 3.22. The van der Waals surface area contributed by atoms with Crippen molar-refractivity contribution in [3.8, 4) is 0 Å². The van der Waals surface area contributed by atoms with Crippen LogP contribution in [0.1, 0.15) is 48.9 Å². The molecule has 0 aromatic carbocycles. The van der Waals surface area contributed by atoms with E-state index in [1.165, 1.54) is 31.7 Å². The number of carboxylic acid groups (broad SMARTS) is 1. The second kappa shape index (κ2) is 4.92. The Balaban J connectivity index is 1.76. The largest absolute Gasteiger partial charge is 0.475 e. The Hall–Kier alpha value is -1.29. The average molecular weight is 237 g/mol. The summed E-state index contributed by atoms with van der Waals surface area (Å²) in [5, 5.41) is 12.1. The van der Waals surface area contributed by atoms with Crippen LogP contribution >= 0.6 is 0 Å². The van der Waals surface area contributed by atoms with Gasteiger partial charge in [0.15, 0.2) is 0 Å². The maximum absolute atomic E-state index is 10.6. The van der Waals surface area contributed by atoms with E-state index in [2.05, 4.69) is 12.2 Å². The van der Waals surface area contributed by atoms with Gasteiger partial charge in [-0.3, -0.25) is 0 Å². The summed E-state index contributed by atoms with van der Waals surface area (Å²) in [5.41, 5.74) is 0.511. The van der Waals surface area contributed by atoms with Crippen molar-refractivity contribution in [1.82, 2.24) is 5.32 Å². The minimum absolute atomic E-state index is 0.0106. The minimum Gasteiger partial charge on any atom is -0.475 e. The van der Waals surface area contributed by atoms with Crippen LogP contribution in [0.3, 0.4) is 0 Å². The van der Waals surface area contributed by atoms with Crippen molar-refractivity contribution in [2.45, 2.75) is 39.2 Å². The summed E-state index contributed by atoms with van der Waals surface area (Å²) >= 11 is 0. The molecule has 0 spiro atoms. The van der Waals surface area contributed by atoms with Crippen LogP contribution in [0.5, 0.6) is 0 Å². The molecule has 17 heavy (non-hydrogen) atoms. The van der Waals surface area contributed by atoms with E-state index in [4.69, 9.17) is 9.52 Å². The van der Waals surface area contributed by atoms with Gasteiger partial charge in [0.2, 0.25) is 5.76 Å². The summed E-state index contributed by atoms with van der Waals surface area (Å²) in [5.74, 6) is -0.313. The van der Waals surface area contributed by atoms with Gasteiger partial charge in [-0.2, -0.15) is 0 Å². The molecule has 2 rings (SSSR count). The van der Waals surface area contributed by atoms with Crippen molar-refractivity contribution in [2.24, 2.45) is 5.41 Å². The predicted molar refractivity (Wildman–Crippen MR) is 63.9 cm³/mol. The van der Waals surface area contributed by atoms with Crippen LogP contribution in [0.2, 0.25) is 0 Å². The fraction of sp³-hybridized carbons (Fsp3) is 0.615. The van der Waals surface area contributed by atoms with E-state index in [0.717, 1.165) is 6.54 Å². The van der Waals surface area contributed by atoms with E-state index in [0.29, 0.717) is 17.7 Å². The van der Waals surface area contributed by atoms with Gasteiger partial charge in [0.05, 0.1) is 6.54 Å². The lowest BCUT2D eigenvalue weighted by molar-refractivity contribution is 0.0660. The molecule has 1 saturated carbocycles. The van der Waals surface area contributed by atoms with Crippen LogP contribution in [0.15, 0.2) is 16.5 Å². The van der Waals surface area contributed by atoms with E-state index >= 15 is 0 Å². The molecule has 0 aliphatic heterocycles. The summed E-state index contributed by atoms with van der Waals surface area (Å²) in [4.78, 5) is 10.6. The Kier molecular flexibility index (Phi) is 3.52. The van der Waals surface area contributed by atoms with Crippen LogP contribution in [0, 0.1) is 5.41 Å². The maximum Gasteiger partial charge on any atom is 0.371 e. The smallest absolute Gasteiger partial charge is 0.371 e. The monoisotopic (exact) mass is 237 g/mol. The van der Waals surface area contributed by atoms with Gasteiger partial charge in [0.25, 0.3) is 0 Å². The Morgan fingerprint density at radius 1 is 1.53 bits per heavy atom. The minimum atomic E-state index is -1.01. The third-order valence-corrected chi connectivity index (χ3v) is 3.41. The zero-order valence-corrected chi connectivity index (χ0v) is 10.2. The molecule has 94 valence electrons. The van der Waals surface area contributed by atoms with Gasteiger partial charge < -0.3 is 14.8 Å². The van der Waals surface area contributed by atoms with Crippen LogP contribution in [-0.2, 0) is 6.54 Å². The molecule has 4 nitrogen and oxygen atoms in total. The Labute approximate surface area is 101 Å². The molecule has 1 aromatic heterocycles. The standard InChI is InChI=1S/C13H19NO3/c1-2-5-13(6-7-13)9-14-8-10-3-4-11(17-10)12(15)16/h3-4,14H,2,5-9H2,1H3,(H,15,16). The highest BCUT2D eigenvalue weighted by molar-refractivity contribution is 5.84. The van der Waals surface area contributed by atoms with Gasteiger partial charge in [0.1, 0.15) is 5.76 Å². The zero-order valence-electron chi connectivity index (χ0n) is 10.2. The SMILES string of the molecule is CCCC1(CNCc2ccc(C(=O)O)o2)CC1. The van der Waals surface area contributed by atoms with Crippen molar-refractivity contribution in [3.05, 3.63) is 23.7 Å². The van der Waals surface area contributed by atoms with Crippen molar-refractivity contribution in [1.29, 1.82) is 0 Å². The highest BCUT2D eigenvalue weighted by atomic mass is 16.4. The number of carbonyl (C=O) groups is 1. The number of carboxylic acids is 1. The normalized spacial score (nSPS) is 17.0. The van der Waals surface area contributed by atoms with Gasteiger partial charge in [-0.1, -0.05) is 13.3 Å².